The van der Waals surface area contributed by atoms with E-state index in [1.807, 2.05) is 17.5 Å². The van der Waals surface area contributed by atoms with Gasteiger partial charge in [0.05, 0.1) is 30.4 Å². The van der Waals surface area contributed by atoms with Crippen molar-refractivity contribution in [1.29, 1.82) is 0 Å². The van der Waals surface area contributed by atoms with Gasteiger partial charge < -0.3 is 20.1 Å². The van der Waals surface area contributed by atoms with Gasteiger partial charge in [0.15, 0.2) is 11.0 Å². The summed E-state index contributed by atoms with van der Waals surface area (Å²) in [7, 11) is 1.59. The fourth-order valence-corrected chi connectivity index (χ4v) is 5.51. The van der Waals surface area contributed by atoms with Crippen LogP contribution in [-0.2, 0) is 16.1 Å². The molecule has 0 spiro atoms. The number of amides is 2. The molecule has 5 rings (SSSR count). The number of nitrogens with zero attached hydrogens (tertiary/aromatic N) is 3. The summed E-state index contributed by atoms with van der Waals surface area (Å²) in [4.78, 5) is 26.3. The van der Waals surface area contributed by atoms with E-state index in [1.54, 1.807) is 67.0 Å². The average Bonchev–Trinajstić information content (AvgIpc) is 3.72. The highest BCUT2D eigenvalue weighted by Gasteiger charge is 2.22. The van der Waals surface area contributed by atoms with E-state index < -0.39 is 0 Å². The quantitative estimate of drug-likeness (QED) is 0.263. The van der Waals surface area contributed by atoms with Gasteiger partial charge in [-0.2, -0.15) is 0 Å². The first-order valence-corrected chi connectivity index (χ1v) is 14.0. The first-order chi connectivity index (χ1) is 18.6. The fourth-order valence-electron chi connectivity index (χ4n) is 4.05. The summed E-state index contributed by atoms with van der Waals surface area (Å²) in [5, 5.41) is 17.2. The highest BCUT2D eigenvalue weighted by molar-refractivity contribution is 7.99. The standard InChI is InChI=1S/C27H27N5O4S2/c1-35-21-12-10-20(11-13-21)29-26(34)18-6-8-19(9-7-18)28-24(33)17-38-27-31-30-25(23-5-3-15-37-23)32(27)16-22-4-2-14-36-22/h3,5-13,15,22H,2,4,14,16-17H2,1H3,(H,28,33)(H,29,34)/t22-/m1/s1. The van der Waals surface area contributed by atoms with Crippen LogP contribution in [0.1, 0.15) is 23.2 Å². The lowest BCUT2D eigenvalue weighted by molar-refractivity contribution is -0.113. The number of hydrogen-bond donors (Lipinski definition) is 2. The Balaban J connectivity index is 1.17. The molecule has 0 unspecified atom stereocenters. The van der Waals surface area contributed by atoms with Crippen molar-refractivity contribution in [2.45, 2.75) is 30.6 Å². The molecule has 4 aromatic rings. The lowest BCUT2D eigenvalue weighted by Crippen LogP contribution is -2.18. The van der Waals surface area contributed by atoms with Crippen molar-refractivity contribution in [2.24, 2.45) is 0 Å². The van der Waals surface area contributed by atoms with Crippen molar-refractivity contribution in [1.82, 2.24) is 14.8 Å². The van der Waals surface area contributed by atoms with E-state index in [-0.39, 0.29) is 23.7 Å². The number of thioether (sulfide) groups is 1. The van der Waals surface area contributed by atoms with Crippen LogP contribution in [-0.4, -0.2) is 52.2 Å². The maximum atomic E-state index is 12.7. The molecule has 1 atom stereocenters. The zero-order chi connectivity index (χ0) is 26.3. The molecule has 11 heteroatoms. The molecule has 196 valence electrons. The van der Waals surface area contributed by atoms with Gasteiger partial charge in [0.1, 0.15) is 5.75 Å². The van der Waals surface area contributed by atoms with Crippen molar-refractivity contribution in [3.8, 4) is 16.5 Å². The van der Waals surface area contributed by atoms with Crippen molar-refractivity contribution >= 4 is 46.3 Å². The number of carbonyl (C=O) groups excluding carboxylic acids is 2. The van der Waals surface area contributed by atoms with Crippen molar-refractivity contribution in [3.63, 3.8) is 0 Å². The lowest BCUT2D eigenvalue weighted by Gasteiger charge is -2.14. The molecule has 0 aliphatic carbocycles. The van der Waals surface area contributed by atoms with Gasteiger partial charge in [-0.25, -0.2) is 0 Å². The van der Waals surface area contributed by atoms with Crippen molar-refractivity contribution in [3.05, 3.63) is 71.6 Å². The number of anilines is 2. The SMILES string of the molecule is COc1ccc(NC(=O)c2ccc(NC(=O)CSc3nnc(-c4cccs4)n3C[C@H]3CCCO3)cc2)cc1. The Hall–Kier alpha value is -3.67. The number of hydrogen-bond acceptors (Lipinski definition) is 8. The maximum absolute atomic E-state index is 12.7. The van der Waals surface area contributed by atoms with Gasteiger partial charge in [-0.1, -0.05) is 17.8 Å². The third kappa shape index (κ3) is 6.42. The molecule has 1 aliphatic rings. The Morgan fingerprint density at radius 3 is 2.53 bits per heavy atom. The van der Waals surface area contributed by atoms with E-state index >= 15 is 0 Å². The molecule has 0 radical (unpaired) electrons. The van der Waals surface area contributed by atoms with Crippen LogP contribution < -0.4 is 15.4 Å². The molecule has 38 heavy (non-hydrogen) atoms. The van der Waals surface area contributed by atoms with E-state index in [9.17, 15) is 9.59 Å². The van der Waals surface area contributed by atoms with E-state index in [2.05, 4.69) is 25.4 Å². The van der Waals surface area contributed by atoms with Crippen LogP contribution in [0.25, 0.3) is 10.7 Å². The smallest absolute Gasteiger partial charge is 0.255 e. The molecular weight excluding hydrogens is 522 g/mol. The summed E-state index contributed by atoms with van der Waals surface area (Å²) in [6.07, 6.45) is 2.17. The third-order valence-electron chi connectivity index (χ3n) is 5.98. The Morgan fingerprint density at radius 1 is 1.08 bits per heavy atom. The zero-order valence-corrected chi connectivity index (χ0v) is 22.4. The summed E-state index contributed by atoms with van der Waals surface area (Å²) in [5.74, 6) is 1.27. The molecule has 2 amide bonds. The highest BCUT2D eigenvalue weighted by Crippen LogP contribution is 2.29. The molecule has 1 saturated heterocycles. The normalized spacial score (nSPS) is 14.8. The number of thiophene rings is 1. The van der Waals surface area contributed by atoms with Gasteiger partial charge in [0.2, 0.25) is 5.91 Å². The molecular formula is C27H27N5O4S2. The molecule has 2 aromatic carbocycles. The van der Waals surface area contributed by atoms with Gasteiger partial charge in [0.25, 0.3) is 5.91 Å². The van der Waals surface area contributed by atoms with Crippen molar-refractivity contribution in [2.75, 3.05) is 30.1 Å². The van der Waals surface area contributed by atoms with Crippen LogP contribution in [0, 0.1) is 0 Å². The summed E-state index contributed by atoms with van der Waals surface area (Å²) in [5.41, 5.74) is 1.76. The monoisotopic (exact) mass is 549 g/mol. The third-order valence-corrected chi connectivity index (χ3v) is 7.81. The Kier molecular flexibility index (Phi) is 8.37. The van der Waals surface area contributed by atoms with Gasteiger partial charge in [0, 0.05) is 23.5 Å². The summed E-state index contributed by atoms with van der Waals surface area (Å²) in [6.45, 7) is 1.43. The Labute approximate surface area is 228 Å². The zero-order valence-electron chi connectivity index (χ0n) is 20.8. The second kappa shape index (κ2) is 12.2. The molecule has 1 fully saturated rings. The van der Waals surface area contributed by atoms with E-state index in [0.717, 1.165) is 30.2 Å². The highest BCUT2D eigenvalue weighted by atomic mass is 32.2. The number of benzene rings is 2. The molecule has 2 N–H and O–H groups in total. The predicted molar refractivity (Wildman–Crippen MR) is 149 cm³/mol. The molecule has 1 aliphatic heterocycles. The molecule has 9 nitrogen and oxygen atoms in total. The molecule has 3 heterocycles. The second-order valence-electron chi connectivity index (χ2n) is 8.63. The summed E-state index contributed by atoms with van der Waals surface area (Å²) < 4.78 is 13.0. The minimum absolute atomic E-state index is 0.123. The minimum Gasteiger partial charge on any atom is -0.497 e. The second-order valence-corrected chi connectivity index (χ2v) is 10.5. The van der Waals surface area contributed by atoms with Crippen LogP contribution in [0.2, 0.25) is 0 Å². The van der Waals surface area contributed by atoms with Gasteiger partial charge >= 0.3 is 0 Å². The van der Waals surface area contributed by atoms with Crippen LogP contribution in [0.5, 0.6) is 5.75 Å². The maximum Gasteiger partial charge on any atom is 0.255 e. The Bertz CT molecular complexity index is 1370. The minimum atomic E-state index is -0.240. The molecule has 0 bridgehead atoms. The Morgan fingerprint density at radius 2 is 1.84 bits per heavy atom. The summed E-state index contributed by atoms with van der Waals surface area (Å²) in [6, 6.07) is 17.9. The number of aromatic nitrogens is 3. The van der Waals surface area contributed by atoms with Crippen LogP contribution >= 0.6 is 23.1 Å². The van der Waals surface area contributed by atoms with Gasteiger partial charge in [-0.3, -0.25) is 14.2 Å². The van der Waals surface area contributed by atoms with Crippen LogP contribution in [0.4, 0.5) is 11.4 Å². The van der Waals surface area contributed by atoms with Crippen LogP contribution in [0.15, 0.2) is 71.2 Å². The average molecular weight is 550 g/mol. The van der Waals surface area contributed by atoms with Crippen molar-refractivity contribution < 1.29 is 19.1 Å². The van der Waals surface area contributed by atoms with Gasteiger partial charge in [-0.05, 0) is 72.8 Å². The van der Waals surface area contributed by atoms with E-state index in [1.165, 1.54) is 11.8 Å². The number of rotatable bonds is 10. The lowest BCUT2D eigenvalue weighted by atomic mass is 10.2. The molecule has 0 saturated carbocycles. The number of carbonyl (C=O) groups is 2. The number of methoxy groups -OCH3 is 1. The number of nitrogens with one attached hydrogen (secondary N) is 2. The predicted octanol–water partition coefficient (Wildman–Crippen LogP) is 5.18. The van der Waals surface area contributed by atoms with E-state index in [4.69, 9.17) is 9.47 Å². The summed E-state index contributed by atoms with van der Waals surface area (Å²) >= 11 is 2.95. The topological polar surface area (TPSA) is 107 Å². The first kappa shape index (κ1) is 26.0. The first-order valence-electron chi connectivity index (χ1n) is 12.2. The largest absolute Gasteiger partial charge is 0.497 e. The molecule has 2 aromatic heterocycles. The fraction of sp³-hybridized carbons (Fsp3) is 0.259. The van der Waals surface area contributed by atoms with E-state index in [0.29, 0.717) is 34.4 Å². The van der Waals surface area contributed by atoms with Crippen LogP contribution in [0.3, 0.4) is 0 Å². The van der Waals surface area contributed by atoms with Gasteiger partial charge in [-0.15, -0.1) is 21.5 Å². The number of ether oxygens (including phenoxy) is 2.